The lowest BCUT2D eigenvalue weighted by molar-refractivity contribution is -0.130. The molecule has 150 valence electrons. The summed E-state index contributed by atoms with van der Waals surface area (Å²) in [7, 11) is 0. The highest BCUT2D eigenvalue weighted by molar-refractivity contribution is 7.99. The van der Waals surface area contributed by atoms with Crippen LogP contribution in [0.4, 0.5) is 5.95 Å². The first kappa shape index (κ1) is 19.1. The standard InChI is InChI=1S/C20H33N5OS/c1-14-6-8-23(9-7-14)19-21-22-20(25(19)17-4-5-17)27-13-18(26)24-11-15(2)10-16(3)12-24/h14-17H,4-13H2,1-3H3. The first-order valence-corrected chi connectivity index (χ1v) is 11.6. The van der Waals surface area contributed by atoms with Gasteiger partial charge in [-0.1, -0.05) is 32.5 Å². The van der Waals surface area contributed by atoms with E-state index >= 15 is 0 Å². The zero-order valence-corrected chi connectivity index (χ0v) is 17.7. The average molecular weight is 392 g/mol. The van der Waals surface area contributed by atoms with Crippen LogP contribution in [0.15, 0.2) is 5.16 Å². The topological polar surface area (TPSA) is 54.3 Å². The summed E-state index contributed by atoms with van der Waals surface area (Å²) in [5, 5.41) is 9.94. The van der Waals surface area contributed by atoms with Gasteiger partial charge in [-0.05, 0) is 49.9 Å². The van der Waals surface area contributed by atoms with E-state index < -0.39 is 0 Å². The maximum Gasteiger partial charge on any atom is 0.233 e. The molecule has 1 aliphatic carbocycles. The van der Waals surface area contributed by atoms with Gasteiger partial charge in [0, 0.05) is 32.2 Å². The molecule has 1 saturated carbocycles. The van der Waals surface area contributed by atoms with Crippen molar-refractivity contribution in [2.45, 2.75) is 64.1 Å². The van der Waals surface area contributed by atoms with Gasteiger partial charge in [-0.3, -0.25) is 9.36 Å². The van der Waals surface area contributed by atoms with Gasteiger partial charge in [0.1, 0.15) is 0 Å². The fourth-order valence-corrected chi connectivity index (χ4v) is 5.43. The van der Waals surface area contributed by atoms with E-state index in [0.29, 0.717) is 23.6 Å². The third-order valence-corrected chi connectivity index (χ3v) is 7.10. The third kappa shape index (κ3) is 4.44. The molecule has 3 aliphatic rings. The van der Waals surface area contributed by atoms with Gasteiger partial charge in [-0.2, -0.15) is 0 Å². The van der Waals surface area contributed by atoms with Crippen LogP contribution in [0.3, 0.4) is 0 Å². The van der Waals surface area contributed by atoms with Crippen LogP contribution in [0.2, 0.25) is 0 Å². The lowest BCUT2D eigenvalue weighted by Crippen LogP contribution is -2.43. The number of thioether (sulfide) groups is 1. The third-order valence-electron chi connectivity index (χ3n) is 6.17. The Hall–Kier alpha value is -1.24. The number of anilines is 1. The number of likely N-dealkylation sites (tertiary alicyclic amines) is 1. The SMILES string of the molecule is CC1CCN(c2nnc(SCC(=O)N3CC(C)CC(C)C3)n2C2CC2)CC1. The molecule has 0 radical (unpaired) electrons. The molecular weight excluding hydrogens is 358 g/mol. The summed E-state index contributed by atoms with van der Waals surface area (Å²) in [5.41, 5.74) is 0. The lowest BCUT2D eigenvalue weighted by Gasteiger charge is -2.35. The molecule has 3 heterocycles. The Morgan fingerprint density at radius 3 is 2.30 bits per heavy atom. The number of amides is 1. The van der Waals surface area contributed by atoms with Crippen molar-refractivity contribution in [3.63, 3.8) is 0 Å². The quantitative estimate of drug-likeness (QED) is 0.720. The molecule has 27 heavy (non-hydrogen) atoms. The molecule has 7 heteroatoms. The van der Waals surface area contributed by atoms with E-state index in [-0.39, 0.29) is 5.91 Å². The van der Waals surface area contributed by atoms with Crippen molar-refractivity contribution in [1.82, 2.24) is 19.7 Å². The molecule has 0 bridgehead atoms. The number of rotatable bonds is 5. The van der Waals surface area contributed by atoms with E-state index in [1.807, 2.05) is 0 Å². The normalized spacial score (nSPS) is 27.2. The van der Waals surface area contributed by atoms with Gasteiger partial charge in [0.25, 0.3) is 0 Å². The van der Waals surface area contributed by atoms with Crippen molar-refractivity contribution >= 4 is 23.6 Å². The van der Waals surface area contributed by atoms with E-state index in [1.165, 1.54) is 32.1 Å². The van der Waals surface area contributed by atoms with Crippen LogP contribution < -0.4 is 4.90 Å². The minimum Gasteiger partial charge on any atom is -0.341 e. The summed E-state index contributed by atoms with van der Waals surface area (Å²) in [4.78, 5) is 17.2. The second kappa shape index (κ2) is 8.02. The van der Waals surface area contributed by atoms with Crippen molar-refractivity contribution in [3.05, 3.63) is 0 Å². The van der Waals surface area contributed by atoms with Gasteiger partial charge in [-0.25, -0.2) is 0 Å². The molecule has 2 unspecified atom stereocenters. The smallest absolute Gasteiger partial charge is 0.233 e. The number of piperidine rings is 2. The zero-order valence-electron chi connectivity index (χ0n) is 16.9. The second-order valence-corrected chi connectivity index (χ2v) is 10.0. The molecule has 2 atom stereocenters. The first-order chi connectivity index (χ1) is 13.0. The lowest BCUT2D eigenvalue weighted by atomic mass is 9.92. The Labute approximate surface area is 167 Å². The van der Waals surface area contributed by atoms with Crippen molar-refractivity contribution in [3.8, 4) is 0 Å². The van der Waals surface area contributed by atoms with Crippen LogP contribution in [0, 0.1) is 17.8 Å². The van der Waals surface area contributed by atoms with E-state index in [2.05, 4.69) is 45.3 Å². The zero-order chi connectivity index (χ0) is 19.0. The second-order valence-electron chi connectivity index (χ2n) is 9.09. The van der Waals surface area contributed by atoms with E-state index in [9.17, 15) is 4.79 Å². The van der Waals surface area contributed by atoms with E-state index in [1.54, 1.807) is 11.8 Å². The first-order valence-electron chi connectivity index (χ1n) is 10.6. The number of aromatic nitrogens is 3. The summed E-state index contributed by atoms with van der Waals surface area (Å²) in [6.07, 6.45) is 6.09. The fraction of sp³-hybridized carbons (Fsp3) is 0.850. The predicted molar refractivity (Wildman–Crippen MR) is 109 cm³/mol. The maximum atomic E-state index is 12.7. The van der Waals surface area contributed by atoms with E-state index in [4.69, 9.17) is 0 Å². The highest BCUT2D eigenvalue weighted by atomic mass is 32.2. The molecule has 0 aromatic carbocycles. The maximum absolute atomic E-state index is 12.7. The van der Waals surface area contributed by atoms with Gasteiger partial charge in [0.05, 0.1) is 5.75 Å². The number of hydrogen-bond donors (Lipinski definition) is 0. The van der Waals surface area contributed by atoms with Crippen molar-refractivity contribution in [1.29, 1.82) is 0 Å². The molecule has 2 aliphatic heterocycles. The van der Waals surface area contributed by atoms with Crippen LogP contribution in [0.25, 0.3) is 0 Å². The predicted octanol–water partition coefficient (Wildman–Crippen LogP) is 3.45. The average Bonchev–Trinajstić information content (AvgIpc) is 3.39. The Balaban J connectivity index is 1.41. The molecule has 2 saturated heterocycles. The van der Waals surface area contributed by atoms with Crippen LogP contribution in [-0.4, -0.2) is 57.5 Å². The Morgan fingerprint density at radius 1 is 1.00 bits per heavy atom. The van der Waals surface area contributed by atoms with Crippen LogP contribution in [0.5, 0.6) is 0 Å². The Bertz CT molecular complexity index is 655. The molecule has 1 amide bonds. The van der Waals surface area contributed by atoms with Gasteiger partial charge in [0.2, 0.25) is 11.9 Å². The molecule has 0 spiro atoms. The van der Waals surface area contributed by atoms with Gasteiger partial charge < -0.3 is 9.80 Å². The molecule has 6 nitrogen and oxygen atoms in total. The monoisotopic (exact) mass is 391 g/mol. The molecule has 4 rings (SSSR count). The Morgan fingerprint density at radius 2 is 1.67 bits per heavy atom. The molecule has 1 aromatic rings. The number of carbonyl (C=O) groups is 1. The van der Waals surface area contributed by atoms with Gasteiger partial charge >= 0.3 is 0 Å². The van der Waals surface area contributed by atoms with Crippen LogP contribution >= 0.6 is 11.8 Å². The van der Waals surface area contributed by atoms with E-state index in [0.717, 1.165) is 43.2 Å². The molecule has 0 N–H and O–H groups in total. The fourth-order valence-electron chi connectivity index (χ4n) is 4.53. The van der Waals surface area contributed by atoms with Crippen LogP contribution in [0.1, 0.15) is 58.9 Å². The summed E-state index contributed by atoms with van der Waals surface area (Å²) < 4.78 is 2.31. The van der Waals surface area contributed by atoms with Crippen LogP contribution in [-0.2, 0) is 4.79 Å². The summed E-state index contributed by atoms with van der Waals surface area (Å²) in [6.45, 7) is 10.8. The molecule has 3 fully saturated rings. The van der Waals surface area contributed by atoms with Gasteiger partial charge in [-0.15, -0.1) is 10.2 Å². The number of nitrogens with zero attached hydrogens (tertiary/aromatic N) is 5. The largest absolute Gasteiger partial charge is 0.341 e. The van der Waals surface area contributed by atoms with Crippen molar-refractivity contribution < 1.29 is 4.79 Å². The minimum atomic E-state index is 0.247. The minimum absolute atomic E-state index is 0.247. The summed E-state index contributed by atoms with van der Waals surface area (Å²) >= 11 is 1.58. The van der Waals surface area contributed by atoms with Crippen molar-refractivity contribution in [2.75, 3.05) is 36.8 Å². The van der Waals surface area contributed by atoms with Gasteiger partial charge in [0.15, 0.2) is 5.16 Å². The molecular formula is C20H33N5OS. The highest BCUT2D eigenvalue weighted by Crippen LogP contribution is 2.41. The summed E-state index contributed by atoms with van der Waals surface area (Å²) in [5.74, 6) is 3.76. The molecule has 1 aromatic heterocycles. The summed E-state index contributed by atoms with van der Waals surface area (Å²) in [6, 6.07) is 0.530. The number of carbonyl (C=O) groups excluding carboxylic acids is 1. The number of hydrogen-bond acceptors (Lipinski definition) is 5. The Kier molecular flexibility index (Phi) is 5.67. The highest BCUT2D eigenvalue weighted by Gasteiger charge is 2.33. The van der Waals surface area contributed by atoms with Crippen molar-refractivity contribution in [2.24, 2.45) is 17.8 Å².